The Hall–Kier alpha value is -2.62. The second-order valence-electron chi connectivity index (χ2n) is 10.3. The molecule has 0 amide bonds. The maximum absolute atomic E-state index is 6.05. The van der Waals surface area contributed by atoms with Gasteiger partial charge in [-0.3, -0.25) is 4.98 Å². The molecular formula is C27H38N6O3. The van der Waals surface area contributed by atoms with Crippen LogP contribution in [0.1, 0.15) is 69.7 Å². The third-order valence-corrected chi connectivity index (χ3v) is 7.23. The third-order valence-electron chi connectivity index (χ3n) is 7.23. The molecule has 3 unspecified atom stereocenters. The van der Waals surface area contributed by atoms with Crippen LogP contribution in [-0.4, -0.2) is 63.7 Å². The molecule has 194 valence electrons. The number of ether oxygens (including phenoxy) is 3. The number of nitrogens with zero attached hydrogens (tertiary/aromatic N) is 6. The SMILES string of the molecule is COC1CCN(c2nccc(Cc3cc4c(cn3)nc(COC3CCCCO3)n4C(C)C)n2)CC1C. The number of piperidine rings is 1. The maximum Gasteiger partial charge on any atom is 0.225 e. The van der Waals surface area contributed by atoms with Gasteiger partial charge in [0.25, 0.3) is 0 Å². The summed E-state index contributed by atoms with van der Waals surface area (Å²) in [6.45, 7) is 9.58. The van der Waals surface area contributed by atoms with Crippen molar-refractivity contribution in [2.24, 2.45) is 5.92 Å². The van der Waals surface area contributed by atoms with Crippen LogP contribution >= 0.6 is 0 Å². The molecule has 2 fully saturated rings. The normalized spacial score (nSPS) is 23.0. The Balaban J connectivity index is 1.33. The molecular weight excluding hydrogens is 456 g/mol. The van der Waals surface area contributed by atoms with Crippen molar-refractivity contribution in [3.8, 4) is 0 Å². The van der Waals surface area contributed by atoms with E-state index in [1.807, 2.05) is 18.5 Å². The number of rotatable bonds is 8. The number of pyridine rings is 1. The average Bonchev–Trinajstić information content (AvgIpc) is 3.26. The minimum Gasteiger partial charge on any atom is -0.381 e. The van der Waals surface area contributed by atoms with Crippen LogP contribution in [0.15, 0.2) is 24.5 Å². The summed E-state index contributed by atoms with van der Waals surface area (Å²) in [7, 11) is 1.80. The molecule has 0 spiro atoms. The lowest BCUT2D eigenvalue weighted by Gasteiger charge is -2.36. The third kappa shape index (κ3) is 5.53. The fraction of sp³-hybridized carbons (Fsp3) is 0.630. The van der Waals surface area contributed by atoms with Crippen LogP contribution in [0.3, 0.4) is 0 Å². The van der Waals surface area contributed by atoms with Crippen molar-refractivity contribution in [1.29, 1.82) is 0 Å². The lowest BCUT2D eigenvalue weighted by Crippen LogP contribution is -2.43. The Morgan fingerprint density at radius 1 is 1.14 bits per heavy atom. The monoisotopic (exact) mass is 494 g/mol. The fourth-order valence-corrected chi connectivity index (χ4v) is 5.35. The molecule has 0 aromatic carbocycles. The lowest BCUT2D eigenvalue weighted by molar-refractivity contribution is -0.170. The first kappa shape index (κ1) is 25.0. The van der Waals surface area contributed by atoms with Crippen molar-refractivity contribution in [1.82, 2.24) is 24.5 Å². The first-order valence-corrected chi connectivity index (χ1v) is 13.2. The number of methoxy groups -OCH3 is 1. The van der Waals surface area contributed by atoms with Gasteiger partial charge < -0.3 is 23.7 Å². The van der Waals surface area contributed by atoms with E-state index in [4.69, 9.17) is 29.2 Å². The van der Waals surface area contributed by atoms with Crippen LogP contribution < -0.4 is 4.90 Å². The average molecular weight is 495 g/mol. The number of hydrogen-bond donors (Lipinski definition) is 0. The zero-order valence-corrected chi connectivity index (χ0v) is 21.9. The summed E-state index contributed by atoms with van der Waals surface area (Å²) in [5.74, 6) is 2.14. The molecule has 9 nitrogen and oxygen atoms in total. The van der Waals surface area contributed by atoms with Gasteiger partial charge in [0.2, 0.25) is 5.95 Å². The highest BCUT2D eigenvalue weighted by Gasteiger charge is 2.27. The van der Waals surface area contributed by atoms with Gasteiger partial charge in [-0.1, -0.05) is 6.92 Å². The highest BCUT2D eigenvalue weighted by atomic mass is 16.7. The molecule has 2 saturated heterocycles. The van der Waals surface area contributed by atoms with E-state index in [-0.39, 0.29) is 12.3 Å². The summed E-state index contributed by atoms with van der Waals surface area (Å²) < 4.78 is 19.6. The highest BCUT2D eigenvalue weighted by Crippen LogP contribution is 2.25. The van der Waals surface area contributed by atoms with E-state index in [0.29, 0.717) is 25.0 Å². The molecule has 9 heteroatoms. The summed E-state index contributed by atoms with van der Waals surface area (Å²) in [5, 5.41) is 0. The highest BCUT2D eigenvalue weighted by molar-refractivity contribution is 5.75. The van der Waals surface area contributed by atoms with E-state index < -0.39 is 0 Å². The van der Waals surface area contributed by atoms with E-state index in [2.05, 4.69) is 41.3 Å². The molecule has 2 aliphatic heterocycles. The van der Waals surface area contributed by atoms with Crippen molar-refractivity contribution in [3.05, 3.63) is 41.7 Å². The molecule has 5 rings (SSSR count). The number of imidazole rings is 1. The summed E-state index contributed by atoms with van der Waals surface area (Å²) in [6.07, 6.45) is 8.71. The summed E-state index contributed by atoms with van der Waals surface area (Å²) in [4.78, 5) is 21.2. The summed E-state index contributed by atoms with van der Waals surface area (Å²) in [6, 6.07) is 4.36. The molecule has 0 saturated carbocycles. The van der Waals surface area contributed by atoms with Crippen molar-refractivity contribution in [3.63, 3.8) is 0 Å². The summed E-state index contributed by atoms with van der Waals surface area (Å²) >= 11 is 0. The first-order chi connectivity index (χ1) is 17.5. The van der Waals surface area contributed by atoms with Gasteiger partial charge in [-0.25, -0.2) is 15.0 Å². The standard InChI is InChI=1S/C27H38N6O3/c1-18(2)33-23-14-21(29-15-22(23)31-25(33)17-36-26-7-5-6-12-35-26)13-20-8-10-28-27(30-20)32-11-9-24(34-4)19(3)16-32/h8,10,14-15,18-19,24,26H,5-7,9,11-13,16-17H2,1-4H3. The number of anilines is 1. The first-order valence-electron chi connectivity index (χ1n) is 13.2. The fourth-order valence-electron chi connectivity index (χ4n) is 5.35. The van der Waals surface area contributed by atoms with Gasteiger partial charge in [-0.2, -0.15) is 0 Å². The Labute approximate surface area is 213 Å². The van der Waals surface area contributed by atoms with E-state index in [0.717, 1.165) is 79.6 Å². The zero-order chi connectivity index (χ0) is 25.1. The summed E-state index contributed by atoms with van der Waals surface area (Å²) in [5.41, 5.74) is 3.88. The van der Waals surface area contributed by atoms with Gasteiger partial charge in [0.15, 0.2) is 6.29 Å². The van der Waals surface area contributed by atoms with Gasteiger partial charge in [-0.05, 0) is 57.6 Å². The van der Waals surface area contributed by atoms with Gasteiger partial charge >= 0.3 is 0 Å². The number of aromatic nitrogens is 5. The van der Waals surface area contributed by atoms with Crippen molar-refractivity contribution in [2.75, 3.05) is 31.7 Å². The Morgan fingerprint density at radius 2 is 2.03 bits per heavy atom. The largest absolute Gasteiger partial charge is 0.381 e. The number of hydrogen-bond acceptors (Lipinski definition) is 8. The van der Waals surface area contributed by atoms with Crippen LogP contribution in [0.4, 0.5) is 5.95 Å². The van der Waals surface area contributed by atoms with E-state index in [1.54, 1.807) is 7.11 Å². The molecule has 0 radical (unpaired) electrons. The van der Waals surface area contributed by atoms with E-state index in [9.17, 15) is 0 Å². The molecule has 0 N–H and O–H groups in total. The second kappa shape index (κ2) is 11.2. The van der Waals surface area contributed by atoms with Crippen molar-refractivity contribution >= 4 is 17.0 Å². The van der Waals surface area contributed by atoms with E-state index in [1.165, 1.54) is 0 Å². The van der Waals surface area contributed by atoms with Crippen LogP contribution in [0.5, 0.6) is 0 Å². The molecule has 3 aromatic heterocycles. The minimum absolute atomic E-state index is 0.136. The predicted octanol–water partition coefficient (Wildman–Crippen LogP) is 4.30. The quantitative estimate of drug-likeness (QED) is 0.458. The molecule has 0 aliphatic carbocycles. The smallest absolute Gasteiger partial charge is 0.225 e. The van der Waals surface area contributed by atoms with E-state index >= 15 is 0 Å². The van der Waals surface area contributed by atoms with Gasteiger partial charge in [0.1, 0.15) is 17.9 Å². The zero-order valence-electron chi connectivity index (χ0n) is 21.9. The molecule has 3 aromatic rings. The maximum atomic E-state index is 6.05. The topological polar surface area (TPSA) is 87.4 Å². The molecule has 36 heavy (non-hydrogen) atoms. The lowest BCUT2D eigenvalue weighted by atomic mass is 9.97. The Kier molecular flexibility index (Phi) is 7.79. The van der Waals surface area contributed by atoms with Crippen LogP contribution in [0, 0.1) is 5.92 Å². The Morgan fingerprint density at radius 3 is 2.78 bits per heavy atom. The van der Waals surface area contributed by atoms with Gasteiger partial charge in [0.05, 0.1) is 23.5 Å². The minimum atomic E-state index is -0.136. The predicted molar refractivity (Wildman–Crippen MR) is 138 cm³/mol. The number of fused-ring (bicyclic) bond motifs is 1. The molecule has 0 bridgehead atoms. The van der Waals surface area contributed by atoms with Crippen LogP contribution in [0.2, 0.25) is 0 Å². The van der Waals surface area contributed by atoms with Crippen LogP contribution in [-0.2, 0) is 27.2 Å². The Bertz CT molecular complexity index is 1160. The second-order valence-corrected chi connectivity index (χ2v) is 10.3. The molecule has 5 heterocycles. The molecule has 3 atom stereocenters. The van der Waals surface area contributed by atoms with Gasteiger partial charge in [-0.15, -0.1) is 0 Å². The van der Waals surface area contributed by atoms with Crippen molar-refractivity contribution < 1.29 is 14.2 Å². The van der Waals surface area contributed by atoms with Crippen LogP contribution in [0.25, 0.3) is 11.0 Å². The molecule has 2 aliphatic rings. The van der Waals surface area contributed by atoms with Gasteiger partial charge in [0, 0.05) is 51.2 Å². The van der Waals surface area contributed by atoms with Crippen molar-refractivity contribution in [2.45, 2.75) is 77.9 Å².